The van der Waals surface area contributed by atoms with Crippen LogP contribution < -0.4 is 4.90 Å². The van der Waals surface area contributed by atoms with Crippen LogP contribution >= 0.6 is 11.6 Å². The zero-order chi connectivity index (χ0) is 28.2. The zero-order valence-electron chi connectivity index (χ0n) is 22.2. The SMILES string of the molecule is CC(C)OC(=O)N1CCCC(N(Cc2cc(Cl)cc(C(F)(F)F)c2)c2ncc(-c3cnn(C)c3)cn2)CCC1. The van der Waals surface area contributed by atoms with Crippen molar-refractivity contribution in [3.05, 3.63) is 59.1 Å². The number of alkyl halides is 3. The summed E-state index contributed by atoms with van der Waals surface area (Å²) < 4.78 is 47.5. The van der Waals surface area contributed by atoms with E-state index in [4.69, 9.17) is 16.3 Å². The van der Waals surface area contributed by atoms with Gasteiger partial charge in [0.25, 0.3) is 0 Å². The number of carbonyl (C=O) groups is 1. The Hall–Kier alpha value is -3.34. The number of benzene rings is 1. The van der Waals surface area contributed by atoms with Crippen LogP contribution in [0.2, 0.25) is 5.02 Å². The number of amides is 1. The third-order valence-electron chi connectivity index (χ3n) is 6.54. The summed E-state index contributed by atoms with van der Waals surface area (Å²) >= 11 is 6.08. The van der Waals surface area contributed by atoms with Gasteiger partial charge < -0.3 is 14.5 Å². The second-order valence-electron chi connectivity index (χ2n) is 10.0. The summed E-state index contributed by atoms with van der Waals surface area (Å²) in [5.74, 6) is 0.415. The number of hydrogen-bond donors (Lipinski definition) is 0. The highest BCUT2D eigenvalue weighted by Crippen LogP contribution is 2.33. The Morgan fingerprint density at radius 3 is 2.33 bits per heavy atom. The predicted molar refractivity (Wildman–Crippen MR) is 142 cm³/mol. The number of ether oxygens (including phenoxy) is 1. The van der Waals surface area contributed by atoms with Gasteiger partial charge in [-0.1, -0.05) is 11.6 Å². The van der Waals surface area contributed by atoms with Gasteiger partial charge in [-0.05, 0) is 63.3 Å². The minimum atomic E-state index is -4.51. The van der Waals surface area contributed by atoms with Crippen LogP contribution in [0.1, 0.15) is 50.7 Å². The lowest BCUT2D eigenvalue weighted by molar-refractivity contribution is -0.137. The van der Waals surface area contributed by atoms with Crippen molar-refractivity contribution in [1.82, 2.24) is 24.6 Å². The maximum atomic E-state index is 13.5. The molecule has 1 saturated heterocycles. The number of rotatable bonds is 6. The third kappa shape index (κ3) is 7.62. The first-order valence-electron chi connectivity index (χ1n) is 12.9. The van der Waals surface area contributed by atoms with Crippen molar-refractivity contribution in [3.8, 4) is 11.1 Å². The van der Waals surface area contributed by atoms with E-state index in [0.29, 0.717) is 50.3 Å². The van der Waals surface area contributed by atoms with Crippen molar-refractivity contribution in [2.45, 2.75) is 64.4 Å². The van der Waals surface area contributed by atoms with E-state index < -0.39 is 11.7 Å². The van der Waals surface area contributed by atoms with Crippen LogP contribution in [0.25, 0.3) is 11.1 Å². The largest absolute Gasteiger partial charge is 0.447 e. The highest BCUT2D eigenvalue weighted by Gasteiger charge is 2.32. The minimum absolute atomic E-state index is 0.0181. The second kappa shape index (κ2) is 12.2. The summed E-state index contributed by atoms with van der Waals surface area (Å²) in [6.45, 7) is 4.85. The number of likely N-dealkylation sites (tertiary alicyclic amines) is 1. The quantitative estimate of drug-likeness (QED) is 0.347. The number of aromatic nitrogens is 4. The molecule has 0 atom stereocenters. The molecule has 1 fully saturated rings. The van der Waals surface area contributed by atoms with Gasteiger partial charge in [0.1, 0.15) is 0 Å². The van der Waals surface area contributed by atoms with E-state index in [1.54, 1.807) is 34.2 Å². The number of nitrogens with zero attached hydrogens (tertiary/aromatic N) is 6. The molecule has 0 unspecified atom stereocenters. The van der Waals surface area contributed by atoms with Crippen molar-refractivity contribution in [2.75, 3.05) is 18.0 Å². The van der Waals surface area contributed by atoms with Crippen LogP contribution in [-0.4, -0.2) is 56.0 Å². The van der Waals surface area contributed by atoms with Crippen LogP contribution in [0.5, 0.6) is 0 Å². The van der Waals surface area contributed by atoms with Gasteiger partial charge in [0.2, 0.25) is 5.95 Å². The number of aryl methyl sites for hydroxylation is 1. The summed E-state index contributed by atoms with van der Waals surface area (Å²) in [7, 11) is 1.82. The van der Waals surface area contributed by atoms with E-state index in [1.165, 1.54) is 0 Å². The van der Waals surface area contributed by atoms with Gasteiger partial charge in [0.15, 0.2) is 0 Å². The van der Waals surface area contributed by atoms with Crippen LogP contribution in [0, 0.1) is 0 Å². The molecule has 1 aliphatic heterocycles. The van der Waals surface area contributed by atoms with Crippen LogP contribution in [0.4, 0.5) is 23.9 Å². The summed E-state index contributed by atoms with van der Waals surface area (Å²) in [5.41, 5.74) is 1.26. The molecule has 0 bridgehead atoms. The smallest absolute Gasteiger partial charge is 0.416 e. The Labute approximate surface area is 230 Å². The normalized spacial score (nSPS) is 15.2. The van der Waals surface area contributed by atoms with E-state index in [1.807, 2.05) is 32.0 Å². The molecule has 0 N–H and O–H groups in total. The number of carbonyl (C=O) groups excluding carboxylic acids is 1. The molecule has 0 aliphatic carbocycles. The monoisotopic (exact) mass is 564 g/mol. The fourth-order valence-electron chi connectivity index (χ4n) is 4.72. The van der Waals surface area contributed by atoms with E-state index >= 15 is 0 Å². The van der Waals surface area contributed by atoms with Crippen molar-refractivity contribution < 1.29 is 22.7 Å². The van der Waals surface area contributed by atoms with Crippen LogP contribution in [0.15, 0.2) is 43.0 Å². The van der Waals surface area contributed by atoms with Crippen molar-refractivity contribution >= 4 is 23.6 Å². The van der Waals surface area contributed by atoms with E-state index in [-0.39, 0.29) is 29.8 Å². The molecule has 3 aromatic rings. The first-order chi connectivity index (χ1) is 18.5. The van der Waals surface area contributed by atoms with Crippen molar-refractivity contribution in [3.63, 3.8) is 0 Å². The maximum Gasteiger partial charge on any atom is 0.416 e. The van der Waals surface area contributed by atoms with Gasteiger partial charge in [0, 0.05) is 67.5 Å². The first kappa shape index (κ1) is 28.7. The fraction of sp³-hybridized carbons (Fsp3) is 0.481. The Balaban J connectivity index is 1.59. The Morgan fingerprint density at radius 2 is 1.77 bits per heavy atom. The molecular formula is C27H32ClF3N6O2. The lowest BCUT2D eigenvalue weighted by Crippen LogP contribution is -2.41. The average Bonchev–Trinajstić information content (AvgIpc) is 3.28. The van der Waals surface area contributed by atoms with Crippen molar-refractivity contribution in [2.24, 2.45) is 7.05 Å². The number of halogens is 4. The van der Waals surface area contributed by atoms with Gasteiger partial charge in [-0.25, -0.2) is 14.8 Å². The summed E-state index contributed by atoms with van der Waals surface area (Å²) in [4.78, 5) is 25.3. The van der Waals surface area contributed by atoms with Gasteiger partial charge in [-0.3, -0.25) is 4.68 Å². The Kier molecular flexibility index (Phi) is 8.99. The summed E-state index contributed by atoms with van der Waals surface area (Å²) in [5, 5.41) is 4.20. The second-order valence-corrected chi connectivity index (χ2v) is 10.4. The molecule has 1 aliphatic rings. The summed E-state index contributed by atoms with van der Waals surface area (Å²) in [6.07, 6.45) is 4.72. The van der Waals surface area contributed by atoms with E-state index in [2.05, 4.69) is 15.1 Å². The summed E-state index contributed by atoms with van der Waals surface area (Å²) in [6, 6.07) is 3.54. The van der Waals surface area contributed by atoms with Crippen molar-refractivity contribution in [1.29, 1.82) is 0 Å². The number of hydrogen-bond acceptors (Lipinski definition) is 6. The highest BCUT2D eigenvalue weighted by molar-refractivity contribution is 6.30. The number of anilines is 1. The molecule has 4 rings (SSSR count). The maximum absolute atomic E-state index is 13.5. The molecule has 12 heteroatoms. The molecule has 39 heavy (non-hydrogen) atoms. The molecule has 3 heterocycles. The molecule has 0 saturated carbocycles. The van der Waals surface area contributed by atoms with E-state index in [0.717, 1.165) is 23.3 Å². The van der Waals surface area contributed by atoms with Gasteiger partial charge in [0.05, 0.1) is 17.9 Å². The van der Waals surface area contributed by atoms with Crippen LogP contribution in [-0.2, 0) is 24.5 Å². The fourth-order valence-corrected chi connectivity index (χ4v) is 4.97. The van der Waals surface area contributed by atoms with Gasteiger partial charge in [-0.15, -0.1) is 0 Å². The molecule has 0 spiro atoms. The van der Waals surface area contributed by atoms with Crippen LogP contribution in [0.3, 0.4) is 0 Å². The van der Waals surface area contributed by atoms with Gasteiger partial charge in [-0.2, -0.15) is 18.3 Å². The predicted octanol–water partition coefficient (Wildman–Crippen LogP) is 6.35. The Morgan fingerprint density at radius 1 is 1.10 bits per heavy atom. The lowest BCUT2D eigenvalue weighted by atomic mass is 10.00. The Bertz CT molecular complexity index is 1260. The molecule has 8 nitrogen and oxygen atoms in total. The first-order valence-corrected chi connectivity index (χ1v) is 13.3. The standard InChI is InChI=1S/C27H32ClF3N6O2/c1-18(2)39-26(38)36-8-4-6-24(7-5-9-36)37(16-19-10-22(27(29,30)31)12-23(28)11-19)25-32-13-20(14-33-25)21-15-34-35(3)17-21/h10-15,17-18,24H,4-9,16H2,1-3H3. The molecule has 1 amide bonds. The third-order valence-corrected chi connectivity index (χ3v) is 6.76. The molecule has 2 aromatic heterocycles. The topological polar surface area (TPSA) is 76.4 Å². The van der Waals surface area contributed by atoms with Gasteiger partial charge >= 0.3 is 12.3 Å². The lowest BCUT2D eigenvalue weighted by Gasteiger charge is -2.35. The van der Waals surface area contributed by atoms with E-state index in [9.17, 15) is 18.0 Å². The molecule has 210 valence electrons. The average molecular weight is 565 g/mol. The zero-order valence-corrected chi connectivity index (χ0v) is 22.9. The molecular weight excluding hydrogens is 533 g/mol. The molecule has 1 aromatic carbocycles. The minimum Gasteiger partial charge on any atom is -0.447 e. The molecule has 0 radical (unpaired) electrons. The highest BCUT2D eigenvalue weighted by atomic mass is 35.5.